The smallest absolute Gasteiger partial charge is 0.117 e. The molecule has 0 radical (unpaired) electrons. The van der Waals surface area contributed by atoms with Crippen molar-refractivity contribution in [3.8, 4) is 0 Å². The van der Waals surface area contributed by atoms with E-state index >= 15 is 0 Å². The normalized spacial score (nSPS) is 11.0. The van der Waals surface area contributed by atoms with E-state index in [-0.39, 0.29) is 0 Å². The van der Waals surface area contributed by atoms with E-state index < -0.39 is 0 Å². The fourth-order valence-electron chi connectivity index (χ4n) is 1.42. The average molecular weight is 240 g/mol. The van der Waals surface area contributed by atoms with Crippen LogP contribution in [0.5, 0.6) is 0 Å². The van der Waals surface area contributed by atoms with Crippen LogP contribution in [-0.4, -0.2) is 9.78 Å². The number of nitrogens with zero attached hydrogens (tertiary/aromatic N) is 2. The van der Waals surface area contributed by atoms with Gasteiger partial charge in [0.2, 0.25) is 0 Å². The van der Waals surface area contributed by atoms with Gasteiger partial charge in [-0.3, -0.25) is 4.68 Å². The zero-order valence-corrected chi connectivity index (χ0v) is 9.09. The summed E-state index contributed by atoms with van der Waals surface area (Å²) in [7, 11) is 1.92. The van der Waals surface area contributed by atoms with Gasteiger partial charge in [-0.2, -0.15) is 5.10 Å². The molecule has 2 N–H and O–H groups in total. The third kappa shape index (κ3) is 1.13. The van der Waals surface area contributed by atoms with E-state index in [2.05, 4.69) is 21.0 Å². The van der Waals surface area contributed by atoms with Gasteiger partial charge in [0.25, 0.3) is 0 Å². The van der Waals surface area contributed by atoms with Crippen LogP contribution in [0.1, 0.15) is 5.69 Å². The Balaban J connectivity index is 3.00. The molecule has 2 rings (SSSR count). The zero-order chi connectivity index (χ0) is 9.59. The Kier molecular flexibility index (Phi) is 1.80. The van der Waals surface area contributed by atoms with Crippen molar-refractivity contribution < 1.29 is 0 Å². The molecule has 0 saturated carbocycles. The Morgan fingerprint density at radius 3 is 2.77 bits per heavy atom. The minimum atomic E-state index is 0.724. The highest BCUT2D eigenvalue weighted by atomic mass is 79.9. The molecule has 1 aromatic carbocycles. The van der Waals surface area contributed by atoms with Crippen molar-refractivity contribution in [1.29, 1.82) is 0 Å². The SMILES string of the molecule is Cc1c2c(Br)ccc(N)c2nn1C. The number of nitrogens with two attached hydrogens (primary N) is 1. The molecule has 0 aliphatic rings. The molecule has 0 aliphatic carbocycles. The number of aryl methyl sites for hydroxylation is 2. The summed E-state index contributed by atoms with van der Waals surface area (Å²) in [4.78, 5) is 0. The van der Waals surface area contributed by atoms with Crippen LogP contribution in [0.2, 0.25) is 0 Å². The summed E-state index contributed by atoms with van der Waals surface area (Å²) in [6, 6.07) is 3.81. The van der Waals surface area contributed by atoms with Crippen molar-refractivity contribution in [2.45, 2.75) is 6.92 Å². The maximum Gasteiger partial charge on any atom is 0.117 e. The topological polar surface area (TPSA) is 43.8 Å². The van der Waals surface area contributed by atoms with Crippen molar-refractivity contribution in [2.24, 2.45) is 7.05 Å². The van der Waals surface area contributed by atoms with Gasteiger partial charge in [-0.1, -0.05) is 15.9 Å². The molecule has 4 heteroatoms. The number of nitrogen functional groups attached to an aromatic ring is 1. The van der Waals surface area contributed by atoms with E-state index in [0.717, 1.165) is 26.8 Å². The van der Waals surface area contributed by atoms with Crippen molar-refractivity contribution >= 4 is 32.5 Å². The summed E-state index contributed by atoms with van der Waals surface area (Å²) in [5, 5.41) is 5.43. The van der Waals surface area contributed by atoms with Crippen molar-refractivity contribution in [2.75, 3.05) is 5.73 Å². The molecule has 0 bridgehead atoms. The number of hydrogen-bond acceptors (Lipinski definition) is 2. The molecule has 0 fully saturated rings. The molecular weight excluding hydrogens is 230 g/mol. The molecule has 68 valence electrons. The van der Waals surface area contributed by atoms with Crippen LogP contribution in [0.15, 0.2) is 16.6 Å². The molecule has 3 nitrogen and oxygen atoms in total. The Labute approximate surface area is 84.7 Å². The lowest BCUT2D eigenvalue weighted by molar-refractivity contribution is 0.751. The largest absolute Gasteiger partial charge is 0.397 e. The molecular formula is C9H10BrN3. The Hall–Kier alpha value is -1.03. The third-order valence-corrected chi connectivity index (χ3v) is 2.92. The molecule has 0 amide bonds. The van der Waals surface area contributed by atoms with Crippen LogP contribution in [0.25, 0.3) is 10.9 Å². The number of benzene rings is 1. The summed E-state index contributed by atoms with van der Waals surface area (Å²) in [6.45, 7) is 2.03. The highest BCUT2D eigenvalue weighted by molar-refractivity contribution is 9.10. The molecule has 0 aliphatic heterocycles. The lowest BCUT2D eigenvalue weighted by Crippen LogP contribution is -1.92. The molecule has 1 heterocycles. The summed E-state index contributed by atoms with van der Waals surface area (Å²) in [5.74, 6) is 0. The van der Waals surface area contributed by atoms with Crippen molar-refractivity contribution in [3.63, 3.8) is 0 Å². The van der Waals surface area contributed by atoms with Crippen LogP contribution < -0.4 is 5.73 Å². The average Bonchev–Trinajstić information content (AvgIpc) is 2.38. The van der Waals surface area contributed by atoms with Crippen LogP contribution in [-0.2, 0) is 7.05 Å². The van der Waals surface area contributed by atoms with E-state index in [1.165, 1.54) is 0 Å². The number of hydrogen-bond donors (Lipinski definition) is 1. The van der Waals surface area contributed by atoms with Crippen LogP contribution in [0.4, 0.5) is 5.69 Å². The van der Waals surface area contributed by atoms with Crippen LogP contribution in [0.3, 0.4) is 0 Å². The fraction of sp³-hybridized carbons (Fsp3) is 0.222. The Morgan fingerprint density at radius 1 is 1.46 bits per heavy atom. The second kappa shape index (κ2) is 2.73. The number of rotatable bonds is 0. The lowest BCUT2D eigenvalue weighted by Gasteiger charge is -1.97. The van der Waals surface area contributed by atoms with Crippen LogP contribution in [0, 0.1) is 6.92 Å². The monoisotopic (exact) mass is 239 g/mol. The van der Waals surface area contributed by atoms with Gasteiger partial charge in [0.1, 0.15) is 5.52 Å². The van der Waals surface area contributed by atoms with Crippen LogP contribution >= 0.6 is 15.9 Å². The maximum absolute atomic E-state index is 5.81. The highest BCUT2D eigenvalue weighted by Crippen LogP contribution is 2.29. The Bertz CT molecular complexity index is 473. The van der Waals surface area contributed by atoms with Gasteiger partial charge in [-0.15, -0.1) is 0 Å². The van der Waals surface area contributed by atoms with E-state index in [1.54, 1.807) is 0 Å². The highest BCUT2D eigenvalue weighted by Gasteiger charge is 2.10. The quantitative estimate of drug-likeness (QED) is 0.717. The summed E-state index contributed by atoms with van der Waals surface area (Å²) < 4.78 is 2.88. The molecule has 2 aromatic rings. The molecule has 0 unspecified atom stereocenters. The third-order valence-electron chi connectivity index (χ3n) is 2.26. The number of halogens is 1. The van der Waals surface area contributed by atoms with Gasteiger partial charge in [-0.05, 0) is 19.1 Å². The van der Waals surface area contributed by atoms with Gasteiger partial charge in [-0.25, -0.2) is 0 Å². The standard InChI is InChI=1S/C9H10BrN3/c1-5-8-6(10)3-4-7(11)9(8)12-13(5)2/h3-4H,11H2,1-2H3. The first-order valence-corrected chi connectivity index (χ1v) is 4.78. The maximum atomic E-state index is 5.81. The summed E-state index contributed by atoms with van der Waals surface area (Å²) >= 11 is 3.49. The summed E-state index contributed by atoms with van der Waals surface area (Å²) in [5.41, 5.74) is 8.52. The van der Waals surface area contributed by atoms with Gasteiger partial charge >= 0.3 is 0 Å². The van der Waals surface area contributed by atoms with Gasteiger partial charge in [0.15, 0.2) is 0 Å². The minimum Gasteiger partial charge on any atom is -0.397 e. The molecule has 0 saturated heterocycles. The first-order valence-electron chi connectivity index (χ1n) is 3.98. The molecule has 0 atom stereocenters. The van der Waals surface area contributed by atoms with Crippen molar-refractivity contribution in [3.05, 3.63) is 22.3 Å². The predicted octanol–water partition coefficient (Wildman–Crippen LogP) is 2.23. The van der Waals surface area contributed by atoms with E-state index in [4.69, 9.17) is 5.73 Å². The van der Waals surface area contributed by atoms with E-state index in [9.17, 15) is 0 Å². The lowest BCUT2D eigenvalue weighted by atomic mass is 10.2. The van der Waals surface area contributed by atoms with Gasteiger partial charge in [0.05, 0.1) is 5.69 Å². The van der Waals surface area contributed by atoms with E-state index in [0.29, 0.717) is 0 Å². The predicted molar refractivity (Wildman–Crippen MR) is 57.6 cm³/mol. The number of aromatic nitrogens is 2. The summed E-state index contributed by atoms with van der Waals surface area (Å²) in [6.07, 6.45) is 0. The fourth-order valence-corrected chi connectivity index (χ4v) is 2.03. The second-order valence-electron chi connectivity index (χ2n) is 3.07. The first kappa shape index (κ1) is 8.56. The molecule has 1 aromatic heterocycles. The zero-order valence-electron chi connectivity index (χ0n) is 7.50. The second-order valence-corrected chi connectivity index (χ2v) is 3.92. The van der Waals surface area contributed by atoms with E-state index in [1.807, 2.05) is 30.8 Å². The molecule has 0 spiro atoms. The number of fused-ring (bicyclic) bond motifs is 1. The van der Waals surface area contributed by atoms with Gasteiger partial charge in [0, 0.05) is 22.6 Å². The first-order chi connectivity index (χ1) is 6.11. The Morgan fingerprint density at radius 2 is 2.15 bits per heavy atom. The number of anilines is 1. The van der Waals surface area contributed by atoms with Crippen molar-refractivity contribution in [1.82, 2.24) is 9.78 Å². The van der Waals surface area contributed by atoms with Gasteiger partial charge < -0.3 is 5.73 Å². The minimum absolute atomic E-state index is 0.724. The molecule has 13 heavy (non-hydrogen) atoms.